The minimum absolute atomic E-state index is 0.217. The van der Waals surface area contributed by atoms with E-state index in [1.54, 1.807) is 0 Å². The lowest BCUT2D eigenvalue weighted by Gasteiger charge is -2.18. The van der Waals surface area contributed by atoms with Crippen molar-refractivity contribution in [2.24, 2.45) is 5.41 Å². The van der Waals surface area contributed by atoms with Gasteiger partial charge in [0.15, 0.2) is 0 Å². The lowest BCUT2D eigenvalue weighted by atomic mass is 9.97. The van der Waals surface area contributed by atoms with Crippen LogP contribution in [-0.2, 0) is 0 Å². The summed E-state index contributed by atoms with van der Waals surface area (Å²) in [6.07, 6.45) is 0. The van der Waals surface area contributed by atoms with Crippen molar-refractivity contribution in [1.82, 2.24) is 5.32 Å². The summed E-state index contributed by atoms with van der Waals surface area (Å²) in [5, 5.41) is 12.9. The number of halogens is 2. The Labute approximate surface area is 108 Å². The number of rotatable bonds is 3. The third-order valence-corrected chi connectivity index (χ3v) is 2.26. The predicted molar refractivity (Wildman–Crippen MR) is 64.8 cm³/mol. The van der Waals surface area contributed by atoms with Crippen LogP contribution in [0.3, 0.4) is 0 Å². The van der Waals surface area contributed by atoms with E-state index in [1.165, 1.54) is 0 Å². The first kappa shape index (κ1) is 15.0. The van der Waals surface area contributed by atoms with E-state index in [2.05, 4.69) is 5.32 Å². The molecule has 0 spiro atoms. The van der Waals surface area contributed by atoms with E-state index >= 15 is 0 Å². The van der Waals surface area contributed by atoms with Gasteiger partial charge in [0.05, 0.1) is 16.6 Å². The van der Waals surface area contributed by atoms with Crippen LogP contribution in [0.4, 0.5) is 14.5 Å². The molecule has 1 rings (SSSR count). The highest BCUT2D eigenvalue weighted by Crippen LogP contribution is 2.21. The highest BCUT2D eigenvalue weighted by molar-refractivity contribution is 5.94. The lowest BCUT2D eigenvalue weighted by Crippen LogP contribution is -2.32. The summed E-state index contributed by atoms with van der Waals surface area (Å²) in [6, 6.07) is 0.937. The van der Waals surface area contributed by atoms with Crippen molar-refractivity contribution >= 4 is 11.6 Å². The first-order chi connectivity index (χ1) is 8.61. The molecule has 0 bridgehead atoms. The SMILES string of the molecule is CC(C)(C)CNC(=O)c1cc(F)c([N+](=O)[O-])cc1F. The molecular weight excluding hydrogens is 258 g/mol. The Hall–Kier alpha value is -2.05. The van der Waals surface area contributed by atoms with Crippen molar-refractivity contribution in [2.75, 3.05) is 6.54 Å². The highest BCUT2D eigenvalue weighted by Gasteiger charge is 2.22. The molecular formula is C12H14F2N2O3. The van der Waals surface area contributed by atoms with E-state index in [0.717, 1.165) is 0 Å². The molecule has 1 N–H and O–H groups in total. The Morgan fingerprint density at radius 2 is 1.89 bits per heavy atom. The Morgan fingerprint density at radius 3 is 2.37 bits per heavy atom. The number of hydrogen-bond acceptors (Lipinski definition) is 3. The molecule has 1 aromatic carbocycles. The fraction of sp³-hybridized carbons (Fsp3) is 0.417. The number of nitrogens with zero attached hydrogens (tertiary/aromatic N) is 1. The van der Waals surface area contributed by atoms with Gasteiger partial charge in [-0.25, -0.2) is 4.39 Å². The Bertz CT molecular complexity index is 524. The molecule has 7 heteroatoms. The van der Waals surface area contributed by atoms with E-state index in [1.807, 2.05) is 20.8 Å². The van der Waals surface area contributed by atoms with Gasteiger partial charge in [0, 0.05) is 6.54 Å². The molecule has 0 atom stereocenters. The van der Waals surface area contributed by atoms with Gasteiger partial charge in [-0.3, -0.25) is 14.9 Å². The van der Waals surface area contributed by atoms with E-state index in [9.17, 15) is 23.7 Å². The number of benzene rings is 1. The quantitative estimate of drug-likeness (QED) is 0.679. The molecule has 104 valence electrons. The monoisotopic (exact) mass is 272 g/mol. The van der Waals surface area contributed by atoms with Gasteiger partial charge in [-0.2, -0.15) is 4.39 Å². The molecule has 0 unspecified atom stereocenters. The van der Waals surface area contributed by atoms with Crippen LogP contribution < -0.4 is 5.32 Å². The minimum atomic E-state index is -1.24. The summed E-state index contributed by atoms with van der Waals surface area (Å²) in [7, 11) is 0. The van der Waals surface area contributed by atoms with Crippen LogP contribution >= 0.6 is 0 Å². The van der Waals surface area contributed by atoms with Gasteiger partial charge in [-0.1, -0.05) is 20.8 Å². The number of nitro benzene ring substituents is 1. The van der Waals surface area contributed by atoms with Crippen LogP contribution in [0, 0.1) is 27.2 Å². The first-order valence-electron chi connectivity index (χ1n) is 5.53. The molecule has 0 heterocycles. The molecule has 0 aliphatic carbocycles. The Morgan fingerprint density at radius 1 is 1.32 bits per heavy atom. The molecule has 5 nitrogen and oxygen atoms in total. The largest absolute Gasteiger partial charge is 0.351 e. The third-order valence-electron chi connectivity index (χ3n) is 2.26. The highest BCUT2D eigenvalue weighted by atomic mass is 19.1. The lowest BCUT2D eigenvalue weighted by molar-refractivity contribution is -0.387. The van der Waals surface area contributed by atoms with Crippen LogP contribution in [0.2, 0.25) is 0 Å². The van der Waals surface area contributed by atoms with Gasteiger partial charge in [-0.05, 0) is 11.5 Å². The molecule has 1 amide bonds. The molecule has 0 saturated carbocycles. The Balaban J connectivity index is 2.99. The van der Waals surface area contributed by atoms with Gasteiger partial charge >= 0.3 is 5.69 Å². The number of amides is 1. The van der Waals surface area contributed by atoms with Crippen molar-refractivity contribution in [2.45, 2.75) is 20.8 Å². The van der Waals surface area contributed by atoms with Crippen molar-refractivity contribution < 1.29 is 18.5 Å². The van der Waals surface area contributed by atoms with Gasteiger partial charge in [0.25, 0.3) is 5.91 Å². The van der Waals surface area contributed by atoms with Crippen molar-refractivity contribution in [3.63, 3.8) is 0 Å². The third kappa shape index (κ3) is 3.97. The van der Waals surface area contributed by atoms with Gasteiger partial charge in [-0.15, -0.1) is 0 Å². The number of carbonyl (C=O) groups excluding carboxylic acids is 1. The zero-order chi connectivity index (χ0) is 14.8. The maximum atomic E-state index is 13.5. The van der Waals surface area contributed by atoms with E-state index in [4.69, 9.17) is 0 Å². The van der Waals surface area contributed by atoms with Crippen molar-refractivity contribution in [3.8, 4) is 0 Å². The second-order valence-corrected chi connectivity index (χ2v) is 5.28. The molecule has 0 aliphatic heterocycles. The minimum Gasteiger partial charge on any atom is -0.351 e. The standard InChI is InChI=1S/C12H14F2N2O3/c1-12(2,3)6-15-11(17)7-4-9(14)10(16(18)19)5-8(7)13/h4-5H,6H2,1-3H3,(H,15,17). The normalized spacial score (nSPS) is 11.2. The summed E-state index contributed by atoms with van der Waals surface area (Å²) < 4.78 is 26.9. The number of nitrogens with one attached hydrogen (secondary N) is 1. The van der Waals surface area contributed by atoms with E-state index in [0.29, 0.717) is 12.1 Å². The molecule has 0 aromatic heterocycles. The van der Waals surface area contributed by atoms with Crippen LogP contribution in [-0.4, -0.2) is 17.4 Å². The van der Waals surface area contributed by atoms with Gasteiger partial charge < -0.3 is 5.32 Å². The average Bonchev–Trinajstić information content (AvgIpc) is 2.27. The number of hydrogen-bond donors (Lipinski definition) is 1. The summed E-state index contributed by atoms with van der Waals surface area (Å²) in [5.74, 6) is -3.17. The van der Waals surface area contributed by atoms with Crippen LogP contribution in [0.5, 0.6) is 0 Å². The van der Waals surface area contributed by atoms with E-state index in [-0.39, 0.29) is 12.0 Å². The number of carbonyl (C=O) groups is 1. The second kappa shape index (κ2) is 5.29. The molecule has 0 saturated heterocycles. The van der Waals surface area contributed by atoms with Crippen molar-refractivity contribution in [1.29, 1.82) is 0 Å². The fourth-order valence-electron chi connectivity index (χ4n) is 1.29. The molecule has 0 fully saturated rings. The van der Waals surface area contributed by atoms with Crippen LogP contribution in [0.25, 0.3) is 0 Å². The molecule has 0 aliphatic rings. The second-order valence-electron chi connectivity index (χ2n) is 5.28. The number of nitro groups is 1. The fourth-order valence-corrected chi connectivity index (χ4v) is 1.29. The average molecular weight is 272 g/mol. The summed E-state index contributed by atoms with van der Waals surface area (Å²) >= 11 is 0. The molecule has 1 aromatic rings. The van der Waals surface area contributed by atoms with Gasteiger partial charge in [0.1, 0.15) is 5.82 Å². The molecule has 0 radical (unpaired) electrons. The van der Waals surface area contributed by atoms with Crippen LogP contribution in [0.1, 0.15) is 31.1 Å². The van der Waals surface area contributed by atoms with Gasteiger partial charge in [0.2, 0.25) is 5.82 Å². The Kier molecular flexibility index (Phi) is 4.18. The zero-order valence-electron chi connectivity index (χ0n) is 10.8. The van der Waals surface area contributed by atoms with Crippen LogP contribution in [0.15, 0.2) is 12.1 Å². The van der Waals surface area contributed by atoms with E-state index < -0.39 is 33.7 Å². The summed E-state index contributed by atoms with van der Waals surface area (Å²) in [6.45, 7) is 5.85. The predicted octanol–water partition coefficient (Wildman–Crippen LogP) is 2.65. The first-order valence-corrected chi connectivity index (χ1v) is 5.53. The maximum Gasteiger partial charge on any atom is 0.307 e. The maximum absolute atomic E-state index is 13.5. The summed E-state index contributed by atoms with van der Waals surface area (Å²) in [5.41, 5.74) is -1.76. The smallest absolute Gasteiger partial charge is 0.307 e. The summed E-state index contributed by atoms with van der Waals surface area (Å²) in [4.78, 5) is 21.0. The zero-order valence-corrected chi connectivity index (χ0v) is 10.8. The topological polar surface area (TPSA) is 72.2 Å². The van der Waals surface area contributed by atoms with Crippen molar-refractivity contribution in [3.05, 3.63) is 39.4 Å². The molecule has 19 heavy (non-hydrogen) atoms.